The van der Waals surface area contributed by atoms with Crippen LogP contribution in [0.15, 0.2) is 131 Å². The Kier molecular flexibility index (Phi) is 10.5. The molecule has 0 heterocycles. The van der Waals surface area contributed by atoms with Crippen LogP contribution in [0.4, 0.5) is 22.7 Å². The molecule has 0 aromatic heterocycles. The number of allylic oxidation sites excluding steroid dienone is 6. The molecular weight excluding hydrogens is 548 g/mol. The van der Waals surface area contributed by atoms with Gasteiger partial charge in [0.2, 0.25) is 0 Å². The molecule has 0 atom stereocenters. The summed E-state index contributed by atoms with van der Waals surface area (Å²) in [4.78, 5) is 3.06. The zero-order chi connectivity index (χ0) is 31.9. The number of anilines is 4. The molecule has 0 unspecified atom stereocenters. The van der Waals surface area contributed by atoms with Crippen molar-refractivity contribution in [3.8, 4) is 48.6 Å². The third-order valence-corrected chi connectivity index (χ3v) is 5.88. The van der Waals surface area contributed by atoms with E-state index in [0.717, 1.165) is 12.2 Å². The molecule has 202 valence electrons. The van der Waals surface area contributed by atoms with Gasteiger partial charge in [0.05, 0.1) is 11.4 Å². The zero-order valence-corrected chi connectivity index (χ0v) is 22.7. The average Bonchev–Trinajstić information content (AvgIpc) is 3.08. The third-order valence-electron chi connectivity index (χ3n) is 5.88. The van der Waals surface area contributed by atoms with Crippen molar-refractivity contribution in [2.75, 3.05) is 9.80 Å². The Bertz CT molecular complexity index is 1820. The summed E-state index contributed by atoms with van der Waals surface area (Å²) in [5.41, 5.74) is 0.481. The van der Waals surface area contributed by atoms with E-state index >= 15 is 0 Å². The van der Waals surface area contributed by atoms with Crippen LogP contribution in [0.25, 0.3) is 0 Å². The first kappa shape index (κ1) is 30.7. The molecule has 0 fully saturated rings. The van der Waals surface area contributed by atoms with E-state index in [1.807, 2.05) is 24.3 Å². The van der Waals surface area contributed by atoms with Crippen LogP contribution in [0.3, 0.4) is 0 Å². The van der Waals surface area contributed by atoms with Crippen LogP contribution in [0.5, 0.6) is 0 Å². The molecule has 0 radical (unpaired) electrons. The molecule has 10 heteroatoms. The first-order valence-corrected chi connectivity index (χ1v) is 12.4. The highest BCUT2D eigenvalue weighted by Crippen LogP contribution is 2.37. The van der Waals surface area contributed by atoms with Crippen molar-refractivity contribution in [3.63, 3.8) is 0 Å². The highest BCUT2D eigenvalue weighted by atomic mass is 15.2. The van der Waals surface area contributed by atoms with E-state index in [4.69, 9.17) is 0 Å². The summed E-state index contributed by atoms with van der Waals surface area (Å²) in [7, 11) is 0. The first-order valence-electron chi connectivity index (χ1n) is 12.4. The van der Waals surface area contributed by atoms with Gasteiger partial charge >= 0.3 is 0 Å². The Morgan fingerprint density at radius 3 is 0.909 bits per heavy atom. The lowest BCUT2D eigenvalue weighted by Gasteiger charge is -2.29. The number of hydrogen-bond acceptors (Lipinski definition) is 10. The van der Waals surface area contributed by atoms with Crippen LogP contribution >= 0.6 is 0 Å². The van der Waals surface area contributed by atoms with Gasteiger partial charge in [-0.25, -0.2) is 0 Å². The lowest BCUT2D eigenvalue weighted by molar-refractivity contribution is 1.17. The highest BCUT2D eigenvalue weighted by molar-refractivity contribution is 5.78. The van der Waals surface area contributed by atoms with Crippen molar-refractivity contribution in [1.29, 1.82) is 42.1 Å². The van der Waals surface area contributed by atoms with Gasteiger partial charge in [-0.2, -0.15) is 42.1 Å². The largest absolute Gasteiger partial charge is 0.308 e. The maximum absolute atomic E-state index is 9.75. The molecule has 0 aliphatic heterocycles. The van der Waals surface area contributed by atoms with Crippen molar-refractivity contribution in [1.82, 2.24) is 0 Å². The van der Waals surface area contributed by atoms with Crippen molar-refractivity contribution < 1.29 is 0 Å². The van der Waals surface area contributed by atoms with Gasteiger partial charge in [0.15, 0.2) is 11.1 Å². The summed E-state index contributed by atoms with van der Waals surface area (Å²) in [5, 5.41) is 76.7. The fourth-order valence-corrected chi connectivity index (χ4v) is 3.99. The van der Waals surface area contributed by atoms with E-state index in [1.165, 1.54) is 9.80 Å². The number of para-hydroxylation sites is 2. The molecule has 0 amide bonds. The third kappa shape index (κ3) is 6.82. The summed E-state index contributed by atoms with van der Waals surface area (Å²) >= 11 is 0. The smallest absolute Gasteiger partial charge is 0.153 e. The Balaban J connectivity index is 2.37. The molecule has 3 aromatic rings. The summed E-state index contributed by atoms with van der Waals surface area (Å²) < 4.78 is 0. The minimum Gasteiger partial charge on any atom is -0.308 e. The van der Waals surface area contributed by atoms with Crippen LogP contribution < -0.4 is 9.80 Å². The molecule has 44 heavy (non-hydrogen) atoms. The molecule has 3 aromatic carbocycles. The second-order valence-electron chi connectivity index (χ2n) is 8.39. The van der Waals surface area contributed by atoms with Crippen LogP contribution in [0.2, 0.25) is 0 Å². The quantitative estimate of drug-likeness (QED) is 0.214. The molecule has 0 aliphatic carbocycles. The zero-order valence-electron chi connectivity index (χ0n) is 22.7. The SMILES string of the molecule is N#CC(C#N)=CC(=C(C#N)C#N)N(c1ccccc1)c1ccc(N(C(C=C(C#N)C#N)=C(C#N)C#N)c2ccccc2)cc1. The van der Waals surface area contributed by atoms with E-state index in [1.54, 1.807) is 109 Å². The topological polar surface area (TPSA) is 197 Å². The normalized spacial score (nSPS) is 8.73. The molecule has 0 N–H and O–H groups in total. The molecule has 0 saturated heterocycles. The predicted molar refractivity (Wildman–Crippen MR) is 159 cm³/mol. The molecule has 0 bridgehead atoms. The summed E-state index contributed by atoms with van der Waals surface area (Å²) in [5.74, 6) is 0. The van der Waals surface area contributed by atoms with Gasteiger partial charge in [-0.3, -0.25) is 0 Å². The van der Waals surface area contributed by atoms with Gasteiger partial charge in [0.25, 0.3) is 0 Å². The maximum Gasteiger partial charge on any atom is 0.153 e. The van der Waals surface area contributed by atoms with E-state index in [2.05, 4.69) is 0 Å². The number of rotatable bonds is 8. The minimum absolute atomic E-state index is 0.0144. The van der Waals surface area contributed by atoms with Gasteiger partial charge in [-0.05, 0) is 60.7 Å². The van der Waals surface area contributed by atoms with Crippen LogP contribution in [-0.4, -0.2) is 0 Å². The monoisotopic (exact) mass is 564 g/mol. The Morgan fingerprint density at radius 1 is 0.386 bits per heavy atom. The molecule has 3 rings (SSSR count). The van der Waals surface area contributed by atoms with Crippen molar-refractivity contribution in [2.45, 2.75) is 0 Å². The fourth-order valence-electron chi connectivity index (χ4n) is 3.99. The molecule has 0 aliphatic rings. The van der Waals surface area contributed by atoms with Gasteiger partial charge in [-0.15, -0.1) is 0 Å². The summed E-state index contributed by atoms with van der Waals surface area (Å²) in [6, 6.07) is 38.2. The van der Waals surface area contributed by atoms with Crippen molar-refractivity contribution >= 4 is 22.7 Å². The Hall–Kier alpha value is -7.86. The average molecular weight is 565 g/mol. The maximum atomic E-state index is 9.75. The van der Waals surface area contributed by atoms with Gasteiger partial charge in [0.1, 0.15) is 59.7 Å². The standard InChI is InChI=1S/C34H16N10/c35-17-25(18-36)15-33(27(21-39)22-40)43(29-7-3-1-4-8-29)31-11-13-32(14-12-31)44(30-9-5-2-6-10-30)34(28(23-41)24-42)16-26(19-37)20-38/h1-16H. The first-order chi connectivity index (χ1) is 21.5. The minimum atomic E-state index is -0.351. The highest BCUT2D eigenvalue weighted by Gasteiger charge is 2.22. The van der Waals surface area contributed by atoms with Crippen LogP contribution in [0.1, 0.15) is 0 Å². The van der Waals surface area contributed by atoms with E-state index in [0.29, 0.717) is 22.7 Å². The Labute approximate surface area is 253 Å². The van der Waals surface area contributed by atoms with Gasteiger partial charge in [0, 0.05) is 22.7 Å². The number of nitriles is 8. The van der Waals surface area contributed by atoms with Crippen LogP contribution in [-0.2, 0) is 0 Å². The Morgan fingerprint density at radius 2 is 0.659 bits per heavy atom. The number of benzene rings is 3. The van der Waals surface area contributed by atoms with E-state index in [9.17, 15) is 42.1 Å². The van der Waals surface area contributed by atoms with Gasteiger partial charge < -0.3 is 9.80 Å². The van der Waals surface area contributed by atoms with E-state index < -0.39 is 0 Å². The lowest BCUT2D eigenvalue weighted by atomic mass is 10.1. The van der Waals surface area contributed by atoms with E-state index in [-0.39, 0.29) is 33.7 Å². The molecular formula is C34H16N10. The number of hydrogen-bond donors (Lipinski definition) is 0. The second kappa shape index (κ2) is 15.1. The summed E-state index contributed by atoms with van der Waals surface area (Å²) in [6.07, 6.45) is 2.31. The summed E-state index contributed by atoms with van der Waals surface area (Å²) in [6.45, 7) is 0. The molecule has 0 saturated carbocycles. The molecule has 0 spiro atoms. The van der Waals surface area contributed by atoms with Crippen molar-refractivity contribution in [2.24, 2.45) is 0 Å². The number of nitrogens with zero attached hydrogens (tertiary/aromatic N) is 10. The van der Waals surface area contributed by atoms with Crippen molar-refractivity contribution in [3.05, 3.63) is 131 Å². The van der Waals surface area contributed by atoms with Crippen LogP contribution in [0, 0.1) is 90.6 Å². The predicted octanol–water partition coefficient (Wildman–Crippen LogP) is 6.51. The molecule has 10 nitrogen and oxygen atoms in total. The fraction of sp³-hybridized carbons (Fsp3) is 0. The second-order valence-corrected chi connectivity index (χ2v) is 8.39. The van der Waals surface area contributed by atoms with Gasteiger partial charge in [-0.1, -0.05) is 36.4 Å². The lowest BCUT2D eigenvalue weighted by Crippen LogP contribution is -2.19.